The lowest BCUT2D eigenvalue weighted by Gasteiger charge is -2.18. The lowest BCUT2D eigenvalue weighted by molar-refractivity contribution is -0.116. The van der Waals surface area contributed by atoms with E-state index in [1.165, 1.54) is 24.1 Å². The van der Waals surface area contributed by atoms with E-state index >= 15 is 0 Å². The summed E-state index contributed by atoms with van der Waals surface area (Å²) >= 11 is 11.7. The molecule has 0 fully saturated rings. The van der Waals surface area contributed by atoms with E-state index in [1.54, 1.807) is 0 Å². The molecule has 0 aliphatic rings. The van der Waals surface area contributed by atoms with Crippen molar-refractivity contribution < 1.29 is 9.59 Å². The highest BCUT2D eigenvalue weighted by molar-refractivity contribution is 6.34. The van der Waals surface area contributed by atoms with Gasteiger partial charge in [-0.2, -0.15) is 0 Å². The average molecular weight is 366 g/mol. The minimum atomic E-state index is -0.402. The zero-order chi connectivity index (χ0) is 17.9. The first-order valence-electron chi connectivity index (χ1n) is 7.23. The molecule has 1 aromatic carbocycles. The maximum Gasteiger partial charge on any atom is 0.257 e. The lowest BCUT2D eigenvalue weighted by Crippen LogP contribution is -2.35. The van der Waals surface area contributed by atoms with Gasteiger partial charge in [0.1, 0.15) is 10.3 Å². The second kappa shape index (κ2) is 7.64. The standard InChI is InChI=1S/C17H17Cl2N3O2/c1-10-5-4-6-11(2)15(10)21-14(23)9-22(3)17(24)12-7-8-13(18)20-16(12)19/h4-8H,9H2,1-3H3,(H,21,23). The molecule has 2 amide bonds. The number of carbonyl (C=O) groups excluding carboxylic acids is 2. The summed E-state index contributed by atoms with van der Waals surface area (Å²) in [5.74, 6) is -0.692. The monoisotopic (exact) mass is 365 g/mol. The van der Waals surface area contributed by atoms with Crippen LogP contribution in [0.2, 0.25) is 10.3 Å². The Hall–Kier alpha value is -2.11. The van der Waals surface area contributed by atoms with Crippen LogP contribution < -0.4 is 5.32 Å². The lowest BCUT2D eigenvalue weighted by atomic mass is 10.1. The van der Waals surface area contributed by atoms with Crippen LogP contribution in [-0.4, -0.2) is 35.3 Å². The molecular weight excluding hydrogens is 349 g/mol. The molecule has 0 atom stereocenters. The first kappa shape index (κ1) is 18.2. The van der Waals surface area contributed by atoms with Gasteiger partial charge < -0.3 is 10.2 Å². The third kappa shape index (κ3) is 4.24. The molecule has 1 aromatic heterocycles. The van der Waals surface area contributed by atoms with Gasteiger partial charge in [-0.25, -0.2) is 4.98 Å². The molecule has 126 valence electrons. The van der Waals surface area contributed by atoms with E-state index in [4.69, 9.17) is 23.2 Å². The van der Waals surface area contributed by atoms with E-state index in [0.717, 1.165) is 16.8 Å². The minimum absolute atomic E-state index is 0.00880. The number of anilines is 1. The number of benzene rings is 1. The van der Waals surface area contributed by atoms with Gasteiger partial charge in [0.05, 0.1) is 12.1 Å². The Morgan fingerprint density at radius 1 is 1.12 bits per heavy atom. The molecule has 0 radical (unpaired) electrons. The molecular formula is C17H17Cl2N3O2. The van der Waals surface area contributed by atoms with Crippen LogP contribution in [0.3, 0.4) is 0 Å². The van der Waals surface area contributed by atoms with Crippen molar-refractivity contribution in [1.82, 2.24) is 9.88 Å². The quantitative estimate of drug-likeness (QED) is 0.839. The van der Waals surface area contributed by atoms with Gasteiger partial charge >= 0.3 is 0 Å². The predicted octanol–water partition coefficient (Wildman–Crippen LogP) is 3.72. The van der Waals surface area contributed by atoms with E-state index in [2.05, 4.69) is 10.3 Å². The van der Waals surface area contributed by atoms with Gasteiger partial charge in [0, 0.05) is 12.7 Å². The van der Waals surface area contributed by atoms with Gasteiger partial charge in [0.25, 0.3) is 5.91 Å². The highest BCUT2D eigenvalue weighted by Gasteiger charge is 2.19. The number of amides is 2. The number of hydrogen-bond donors (Lipinski definition) is 1. The van der Waals surface area contributed by atoms with Gasteiger partial charge in [-0.3, -0.25) is 9.59 Å². The normalized spacial score (nSPS) is 10.4. The Morgan fingerprint density at radius 3 is 2.33 bits per heavy atom. The first-order valence-corrected chi connectivity index (χ1v) is 7.98. The summed E-state index contributed by atoms with van der Waals surface area (Å²) in [6.45, 7) is 3.72. The van der Waals surface area contributed by atoms with E-state index in [0.29, 0.717) is 0 Å². The Morgan fingerprint density at radius 2 is 1.75 bits per heavy atom. The van der Waals surface area contributed by atoms with Gasteiger partial charge in [0.2, 0.25) is 5.91 Å². The van der Waals surface area contributed by atoms with E-state index < -0.39 is 5.91 Å². The number of hydrogen-bond acceptors (Lipinski definition) is 3. The summed E-state index contributed by atoms with van der Waals surface area (Å²) in [6, 6.07) is 8.71. The van der Waals surface area contributed by atoms with Gasteiger partial charge in [-0.15, -0.1) is 0 Å². The van der Waals surface area contributed by atoms with Crippen molar-refractivity contribution in [3.05, 3.63) is 57.3 Å². The summed E-state index contributed by atoms with van der Waals surface area (Å²) in [4.78, 5) is 29.7. The Bertz CT molecular complexity index is 773. The molecule has 0 bridgehead atoms. The number of para-hydroxylation sites is 1. The van der Waals surface area contributed by atoms with Gasteiger partial charge in [0.15, 0.2) is 0 Å². The third-order valence-corrected chi connectivity index (χ3v) is 4.02. The molecule has 2 aromatic rings. The van der Waals surface area contributed by atoms with Gasteiger partial charge in [-0.05, 0) is 37.1 Å². The summed E-state index contributed by atoms with van der Waals surface area (Å²) in [5, 5.41) is 3.05. The Labute approximate surface area is 150 Å². The highest BCUT2D eigenvalue weighted by Crippen LogP contribution is 2.20. The third-order valence-electron chi connectivity index (χ3n) is 3.52. The number of likely N-dealkylation sites (N-methyl/N-ethyl adjacent to an activating group) is 1. The highest BCUT2D eigenvalue weighted by atomic mass is 35.5. The van der Waals surface area contributed by atoms with Gasteiger partial charge in [-0.1, -0.05) is 41.4 Å². The number of aromatic nitrogens is 1. The molecule has 0 saturated carbocycles. The Kier molecular flexibility index (Phi) is 5.80. The number of carbonyl (C=O) groups is 2. The minimum Gasteiger partial charge on any atom is -0.332 e. The molecule has 1 N–H and O–H groups in total. The zero-order valence-electron chi connectivity index (χ0n) is 13.6. The molecule has 0 aliphatic heterocycles. The molecule has 7 heteroatoms. The number of rotatable bonds is 4. The molecule has 2 rings (SSSR count). The predicted molar refractivity (Wildman–Crippen MR) is 95.8 cm³/mol. The molecule has 0 unspecified atom stereocenters. The van der Waals surface area contributed by atoms with Crippen LogP contribution in [0.15, 0.2) is 30.3 Å². The van der Waals surface area contributed by atoms with E-state index in [-0.39, 0.29) is 28.3 Å². The number of pyridine rings is 1. The second-order valence-electron chi connectivity index (χ2n) is 5.45. The van der Waals surface area contributed by atoms with Crippen molar-refractivity contribution in [3.8, 4) is 0 Å². The van der Waals surface area contributed by atoms with Crippen LogP contribution in [0, 0.1) is 13.8 Å². The molecule has 5 nitrogen and oxygen atoms in total. The maximum absolute atomic E-state index is 12.4. The Balaban J connectivity index is 2.07. The van der Waals surface area contributed by atoms with Crippen LogP contribution in [0.1, 0.15) is 21.5 Å². The fourth-order valence-corrected chi connectivity index (χ4v) is 2.68. The topological polar surface area (TPSA) is 62.3 Å². The zero-order valence-corrected chi connectivity index (χ0v) is 15.1. The molecule has 24 heavy (non-hydrogen) atoms. The SMILES string of the molecule is Cc1cccc(C)c1NC(=O)CN(C)C(=O)c1ccc(Cl)nc1Cl. The van der Waals surface area contributed by atoms with Crippen LogP contribution in [-0.2, 0) is 4.79 Å². The van der Waals surface area contributed by atoms with Crippen molar-refractivity contribution in [2.45, 2.75) is 13.8 Å². The summed E-state index contributed by atoms with van der Waals surface area (Å²) in [6.07, 6.45) is 0. The number of halogens is 2. The molecule has 1 heterocycles. The van der Waals surface area contributed by atoms with Crippen molar-refractivity contribution in [1.29, 1.82) is 0 Å². The number of aryl methyl sites for hydroxylation is 2. The number of nitrogens with zero attached hydrogens (tertiary/aromatic N) is 2. The summed E-state index contributed by atoms with van der Waals surface area (Å²) in [7, 11) is 1.53. The molecule has 0 spiro atoms. The van der Waals surface area contributed by atoms with Crippen LogP contribution in [0.5, 0.6) is 0 Å². The van der Waals surface area contributed by atoms with Crippen LogP contribution >= 0.6 is 23.2 Å². The smallest absolute Gasteiger partial charge is 0.257 e. The average Bonchev–Trinajstić information content (AvgIpc) is 2.50. The summed E-state index contributed by atoms with van der Waals surface area (Å²) < 4.78 is 0. The van der Waals surface area contributed by atoms with Crippen molar-refractivity contribution in [2.24, 2.45) is 0 Å². The van der Waals surface area contributed by atoms with Crippen molar-refractivity contribution in [3.63, 3.8) is 0 Å². The molecule has 0 aliphatic carbocycles. The van der Waals surface area contributed by atoms with E-state index in [1.807, 2.05) is 32.0 Å². The number of nitrogens with one attached hydrogen (secondary N) is 1. The fraction of sp³-hybridized carbons (Fsp3) is 0.235. The molecule has 0 saturated heterocycles. The largest absolute Gasteiger partial charge is 0.332 e. The van der Waals surface area contributed by atoms with Crippen molar-refractivity contribution >= 4 is 40.7 Å². The maximum atomic E-state index is 12.4. The van der Waals surface area contributed by atoms with E-state index in [9.17, 15) is 9.59 Å². The van der Waals surface area contributed by atoms with Crippen LogP contribution in [0.4, 0.5) is 5.69 Å². The first-order chi connectivity index (χ1) is 11.3. The van der Waals surface area contributed by atoms with Crippen molar-refractivity contribution in [2.75, 3.05) is 18.9 Å². The van der Waals surface area contributed by atoms with Crippen LogP contribution in [0.25, 0.3) is 0 Å². The second-order valence-corrected chi connectivity index (χ2v) is 6.19. The fourth-order valence-electron chi connectivity index (χ4n) is 2.26. The summed E-state index contributed by atoms with van der Waals surface area (Å²) in [5.41, 5.74) is 2.88.